The van der Waals surface area contributed by atoms with Gasteiger partial charge in [-0.1, -0.05) is 0 Å². The minimum absolute atomic E-state index is 0.00532. The minimum atomic E-state index is -0.00532. The molecule has 0 bridgehead atoms. The van der Waals surface area contributed by atoms with Crippen LogP contribution < -0.4 is 5.32 Å². The lowest BCUT2D eigenvalue weighted by Crippen LogP contribution is -2.47. The number of hydrogen-bond donors (Lipinski definition) is 1. The average Bonchev–Trinajstić information content (AvgIpc) is 2.46. The Kier molecular flexibility index (Phi) is 5.68. The second kappa shape index (κ2) is 7.51. The number of hydrogen-bond acceptors (Lipinski definition) is 6. The highest BCUT2D eigenvalue weighted by Gasteiger charge is 2.22. The van der Waals surface area contributed by atoms with E-state index in [2.05, 4.69) is 32.1 Å². The number of nitrogens with one attached hydrogen (secondary N) is 1. The zero-order valence-corrected chi connectivity index (χ0v) is 14.0. The van der Waals surface area contributed by atoms with E-state index in [4.69, 9.17) is 0 Å². The standard InChI is InChI=1S/C15H26N6O/c1-12-11-13(14(22)21-9-7-20(4)8-10-21)18-15(17-12)16-5-6-19(2)3/h11H,5-10H2,1-4H3,(H,16,17,18). The van der Waals surface area contributed by atoms with Gasteiger partial charge in [0, 0.05) is 45.0 Å². The van der Waals surface area contributed by atoms with Crippen LogP contribution >= 0.6 is 0 Å². The van der Waals surface area contributed by atoms with E-state index in [0.717, 1.165) is 45.0 Å². The molecule has 1 saturated heterocycles. The molecule has 1 aliphatic rings. The number of aryl methyl sites for hydroxylation is 1. The van der Waals surface area contributed by atoms with Crippen molar-refractivity contribution in [3.8, 4) is 0 Å². The van der Waals surface area contributed by atoms with Crippen LogP contribution in [-0.4, -0.2) is 91.0 Å². The molecule has 0 atom stereocenters. The SMILES string of the molecule is Cc1cc(C(=O)N2CCN(C)CC2)nc(NCCN(C)C)n1. The third-order valence-electron chi connectivity index (χ3n) is 3.71. The lowest BCUT2D eigenvalue weighted by atomic mass is 10.2. The summed E-state index contributed by atoms with van der Waals surface area (Å²) >= 11 is 0. The molecular weight excluding hydrogens is 280 g/mol. The number of likely N-dealkylation sites (N-methyl/N-ethyl adjacent to an activating group) is 2. The number of rotatable bonds is 5. The predicted octanol–water partition coefficient (Wildman–Crippen LogP) is 0.146. The summed E-state index contributed by atoms with van der Waals surface area (Å²) in [5, 5.41) is 3.18. The highest BCUT2D eigenvalue weighted by atomic mass is 16.2. The van der Waals surface area contributed by atoms with E-state index in [0.29, 0.717) is 11.6 Å². The molecule has 1 fully saturated rings. The van der Waals surface area contributed by atoms with E-state index in [9.17, 15) is 4.79 Å². The fraction of sp³-hybridized carbons (Fsp3) is 0.667. The zero-order chi connectivity index (χ0) is 16.1. The maximum Gasteiger partial charge on any atom is 0.272 e. The maximum atomic E-state index is 12.6. The quantitative estimate of drug-likeness (QED) is 0.835. The molecule has 0 spiro atoms. The Labute approximate surface area is 132 Å². The van der Waals surface area contributed by atoms with Crippen molar-refractivity contribution in [2.75, 3.05) is 65.7 Å². The summed E-state index contributed by atoms with van der Waals surface area (Å²) < 4.78 is 0. The summed E-state index contributed by atoms with van der Waals surface area (Å²) in [5.74, 6) is 0.522. The van der Waals surface area contributed by atoms with Crippen LogP contribution in [0, 0.1) is 6.92 Å². The molecule has 0 aromatic carbocycles. The number of anilines is 1. The molecule has 2 rings (SSSR count). The summed E-state index contributed by atoms with van der Waals surface area (Å²) in [4.78, 5) is 27.5. The molecular formula is C15H26N6O. The average molecular weight is 306 g/mol. The Morgan fingerprint density at radius 2 is 1.95 bits per heavy atom. The number of carbonyl (C=O) groups excluding carboxylic acids is 1. The van der Waals surface area contributed by atoms with E-state index < -0.39 is 0 Å². The first kappa shape index (κ1) is 16.6. The number of amides is 1. The molecule has 0 aliphatic carbocycles. The summed E-state index contributed by atoms with van der Waals surface area (Å²) in [6.45, 7) is 6.84. The Bertz CT molecular complexity index is 511. The molecule has 7 nitrogen and oxygen atoms in total. The van der Waals surface area contributed by atoms with Gasteiger partial charge in [-0.15, -0.1) is 0 Å². The molecule has 1 aromatic heterocycles. The van der Waals surface area contributed by atoms with Crippen molar-refractivity contribution >= 4 is 11.9 Å². The molecule has 122 valence electrons. The Hall–Kier alpha value is -1.73. The molecule has 1 amide bonds. The lowest BCUT2D eigenvalue weighted by Gasteiger charge is -2.32. The predicted molar refractivity (Wildman–Crippen MR) is 87.2 cm³/mol. The maximum absolute atomic E-state index is 12.6. The fourth-order valence-corrected chi connectivity index (χ4v) is 2.32. The molecule has 0 saturated carbocycles. The first-order valence-corrected chi connectivity index (χ1v) is 7.68. The van der Waals surface area contributed by atoms with Gasteiger partial charge in [0.05, 0.1) is 0 Å². The smallest absolute Gasteiger partial charge is 0.272 e. The van der Waals surface area contributed by atoms with E-state index in [1.807, 2.05) is 25.9 Å². The number of carbonyl (C=O) groups is 1. The Morgan fingerprint density at radius 3 is 2.59 bits per heavy atom. The molecule has 7 heteroatoms. The molecule has 1 aliphatic heterocycles. The van der Waals surface area contributed by atoms with Crippen molar-refractivity contribution in [1.82, 2.24) is 24.7 Å². The van der Waals surface area contributed by atoms with Crippen LogP contribution in [0.25, 0.3) is 0 Å². The zero-order valence-electron chi connectivity index (χ0n) is 14.0. The third kappa shape index (κ3) is 4.64. The van der Waals surface area contributed by atoms with E-state index >= 15 is 0 Å². The third-order valence-corrected chi connectivity index (χ3v) is 3.71. The van der Waals surface area contributed by atoms with Crippen LogP contribution in [0.5, 0.6) is 0 Å². The second-order valence-corrected chi connectivity index (χ2v) is 6.04. The van der Waals surface area contributed by atoms with E-state index in [1.54, 1.807) is 6.07 Å². The Balaban J connectivity index is 2.03. The van der Waals surface area contributed by atoms with Gasteiger partial charge in [-0.3, -0.25) is 4.79 Å². The monoisotopic (exact) mass is 306 g/mol. The topological polar surface area (TPSA) is 64.6 Å². The molecule has 0 radical (unpaired) electrons. The first-order valence-electron chi connectivity index (χ1n) is 7.68. The van der Waals surface area contributed by atoms with Gasteiger partial charge in [0.25, 0.3) is 5.91 Å². The van der Waals surface area contributed by atoms with E-state index in [-0.39, 0.29) is 5.91 Å². The van der Waals surface area contributed by atoms with Crippen molar-refractivity contribution < 1.29 is 4.79 Å². The molecule has 22 heavy (non-hydrogen) atoms. The summed E-state index contributed by atoms with van der Waals surface area (Å²) in [7, 11) is 6.10. The van der Waals surface area contributed by atoms with Crippen molar-refractivity contribution in [2.45, 2.75) is 6.92 Å². The molecule has 0 unspecified atom stereocenters. The largest absolute Gasteiger partial charge is 0.353 e. The van der Waals surface area contributed by atoms with Crippen LogP contribution in [0.2, 0.25) is 0 Å². The van der Waals surface area contributed by atoms with Gasteiger partial charge in [-0.05, 0) is 34.1 Å². The minimum Gasteiger partial charge on any atom is -0.353 e. The van der Waals surface area contributed by atoms with Gasteiger partial charge < -0.3 is 20.0 Å². The molecule has 1 N–H and O–H groups in total. The summed E-state index contributed by atoms with van der Waals surface area (Å²) in [6, 6.07) is 1.76. The van der Waals surface area contributed by atoms with Crippen LogP contribution in [0.1, 0.15) is 16.2 Å². The van der Waals surface area contributed by atoms with E-state index in [1.165, 1.54) is 0 Å². The van der Waals surface area contributed by atoms with Crippen LogP contribution in [0.15, 0.2) is 6.07 Å². The Morgan fingerprint density at radius 1 is 1.27 bits per heavy atom. The number of aromatic nitrogens is 2. The van der Waals surface area contributed by atoms with Gasteiger partial charge in [0.15, 0.2) is 0 Å². The highest BCUT2D eigenvalue weighted by molar-refractivity contribution is 5.92. The summed E-state index contributed by atoms with van der Waals surface area (Å²) in [6.07, 6.45) is 0. The second-order valence-electron chi connectivity index (χ2n) is 6.04. The number of piperazine rings is 1. The molecule has 1 aromatic rings. The van der Waals surface area contributed by atoms with Crippen molar-refractivity contribution in [3.05, 3.63) is 17.5 Å². The molecule has 2 heterocycles. The van der Waals surface area contributed by atoms with Crippen molar-refractivity contribution in [3.63, 3.8) is 0 Å². The van der Waals surface area contributed by atoms with Gasteiger partial charge in [-0.25, -0.2) is 9.97 Å². The van der Waals surface area contributed by atoms with Gasteiger partial charge in [-0.2, -0.15) is 0 Å². The van der Waals surface area contributed by atoms with Crippen molar-refractivity contribution in [1.29, 1.82) is 0 Å². The first-order chi connectivity index (χ1) is 10.5. The van der Waals surface area contributed by atoms with Crippen LogP contribution in [-0.2, 0) is 0 Å². The van der Waals surface area contributed by atoms with Gasteiger partial charge >= 0.3 is 0 Å². The summed E-state index contributed by atoms with van der Waals surface area (Å²) in [5.41, 5.74) is 1.28. The van der Waals surface area contributed by atoms with Gasteiger partial charge in [0.2, 0.25) is 5.95 Å². The highest BCUT2D eigenvalue weighted by Crippen LogP contribution is 2.10. The van der Waals surface area contributed by atoms with Gasteiger partial charge in [0.1, 0.15) is 5.69 Å². The van der Waals surface area contributed by atoms with Crippen LogP contribution in [0.4, 0.5) is 5.95 Å². The lowest BCUT2D eigenvalue weighted by molar-refractivity contribution is 0.0658. The normalized spacial score (nSPS) is 16.1. The van der Waals surface area contributed by atoms with Crippen LogP contribution in [0.3, 0.4) is 0 Å². The fourth-order valence-electron chi connectivity index (χ4n) is 2.32. The van der Waals surface area contributed by atoms with Crippen molar-refractivity contribution in [2.24, 2.45) is 0 Å². The number of nitrogens with zero attached hydrogens (tertiary/aromatic N) is 5.